The molecule has 19 heavy (non-hydrogen) atoms. The predicted molar refractivity (Wildman–Crippen MR) is 61.3 cm³/mol. The van der Waals surface area contributed by atoms with E-state index >= 15 is 0 Å². The number of rotatable bonds is 4. The van der Waals surface area contributed by atoms with Crippen molar-refractivity contribution in [3.05, 3.63) is 23.3 Å². The van der Waals surface area contributed by atoms with E-state index in [1.54, 1.807) is 0 Å². The van der Waals surface area contributed by atoms with Crippen LogP contribution in [0.2, 0.25) is 0 Å². The number of carboxylic acids is 1. The number of fused-ring (bicyclic) bond motifs is 1. The third-order valence-electron chi connectivity index (χ3n) is 2.81. The lowest BCUT2D eigenvalue weighted by Crippen LogP contribution is -2.20. The SMILES string of the molecule is CC(F)(F)c1cc2c(cc1C(N)CC(=O)O)OCO2. The van der Waals surface area contributed by atoms with E-state index in [1.165, 1.54) is 6.07 Å². The summed E-state index contributed by atoms with van der Waals surface area (Å²) >= 11 is 0. The third-order valence-corrected chi connectivity index (χ3v) is 2.81. The molecule has 0 aromatic heterocycles. The highest BCUT2D eigenvalue weighted by atomic mass is 19.3. The molecule has 0 radical (unpaired) electrons. The molecule has 0 amide bonds. The minimum atomic E-state index is -3.15. The number of carboxylic acid groups (broad SMARTS) is 1. The average Bonchev–Trinajstić information content (AvgIpc) is 2.71. The molecular weight excluding hydrogens is 260 g/mol. The second-order valence-electron chi connectivity index (χ2n) is 4.39. The molecule has 1 aromatic carbocycles. The van der Waals surface area contributed by atoms with E-state index in [-0.39, 0.29) is 23.7 Å². The Morgan fingerprint density at radius 2 is 2.05 bits per heavy atom. The summed E-state index contributed by atoms with van der Waals surface area (Å²) in [5.74, 6) is -3.80. The minimum absolute atomic E-state index is 0.0539. The number of alkyl halides is 2. The predicted octanol–water partition coefficient (Wildman–Crippen LogP) is 2.00. The van der Waals surface area contributed by atoms with Crippen LogP contribution in [0.3, 0.4) is 0 Å². The number of benzene rings is 1. The molecule has 1 heterocycles. The first-order chi connectivity index (χ1) is 8.79. The summed E-state index contributed by atoms with van der Waals surface area (Å²) in [6.45, 7) is 0.670. The van der Waals surface area contributed by atoms with Crippen LogP contribution >= 0.6 is 0 Å². The molecule has 1 aliphatic heterocycles. The molecule has 1 atom stereocenters. The molecular formula is C12H13F2NO4. The van der Waals surface area contributed by atoms with E-state index in [0.717, 1.165) is 13.0 Å². The Bertz CT molecular complexity index is 513. The summed E-state index contributed by atoms with van der Waals surface area (Å²) < 4.78 is 37.3. The number of carbonyl (C=O) groups is 1. The van der Waals surface area contributed by atoms with Crippen molar-refractivity contribution < 1.29 is 28.2 Å². The largest absolute Gasteiger partial charge is 0.481 e. The Hall–Kier alpha value is -1.89. The van der Waals surface area contributed by atoms with Gasteiger partial charge in [0.1, 0.15) is 0 Å². The first-order valence-corrected chi connectivity index (χ1v) is 5.58. The molecule has 0 fully saturated rings. The van der Waals surface area contributed by atoms with Gasteiger partial charge in [0.2, 0.25) is 6.79 Å². The van der Waals surface area contributed by atoms with Gasteiger partial charge in [0, 0.05) is 18.5 Å². The van der Waals surface area contributed by atoms with Crippen LogP contribution < -0.4 is 15.2 Å². The second kappa shape index (κ2) is 4.65. The summed E-state index contributed by atoms with van der Waals surface area (Å²) in [6.07, 6.45) is -0.442. The van der Waals surface area contributed by atoms with Gasteiger partial charge in [-0.1, -0.05) is 0 Å². The highest BCUT2D eigenvalue weighted by molar-refractivity contribution is 5.68. The highest BCUT2D eigenvalue weighted by Gasteiger charge is 2.33. The van der Waals surface area contributed by atoms with Crippen molar-refractivity contribution in [1.82, 2.24) is 0 Å². The lowest BCUT2D eigenvalue weighted by atomic mass is 9.94. The van der Waals surface area contributed by atoms with E-state index in [0.29, 0.717) is 5.75 Å². The van der Waals surface area contributed by atoms with E-state index in [1.807, 2.05) is 0 Å². The number of hydrogen-bond acceptors (Lipinski definition) is 4. The first kappa shape index (κ1) is 13.5. The van der Waals surface area contributed by atoms with E-state index in [4.69, 9.17) is 20.3 Å². The maximum absolute atomic E-state index is 13.6. The summed E-state index contributed by atoms with van der Waals surface area (Å²) in [5.41, 5.74) is 5.39. The normalized spacial score (nSPS) is 15.4. The Morgan fingerprint density at radius 1 is 1.47 bits per heavy atom. The first-order valence-electron chi connectivity index (χ1n) is 5.58. The fraction of sp³-hybridized carbons (Fsp3) is 0.417. The second-order valence-corrected chi connectivity index (χ2v) is 4.39. The van der Waals surface area contributed by atoms with Gasteiger partial charge < -0.3 is 20.3 Å². The molecule has 0 bridgehead atoms. The molecule has 3 N–H and O–H groups in total. The van der Waals surface area contributed by atoms with Gasteiger partial charge >= 0.3 is 5.97 Å². The highest BCUT2D eigenvalue weighted by Crippen LogP contribution is 2.42. The van der Waals surface area contributed by atoms with Crippen molar-refractivity contribution in [2.45, 2.75) is 25.3 Å². The average molecular weight is 273 g/mol. The van der Waals surface area contributed by atoms with Crippen LogP contribution in [0, 0.1) is 0 Å². The van der Waals surface area contributed by atoms with Crippen LogP contribution in [0.1, 0.15) is 30.5 Å². The molecule has 0 aliphatic carbocycles. The molecule has 1 aliphatic rings. The standard InChI is InChI=1S/C12H13F2NO4/c1-12(13,14)7-3-10-9(18-5-19-10)2-6(7)8(15)4-11(16)17/h2-3,8H,4-5,15H2,1H3,(H,16,17). The fourth-order valence-corrected chi connectivity index (χ4v) is 1.94. The number of ether oxygens (including phenoxy) is 2. The molecule has 7 heteroatoms. The quantitative estimate of drug-likeness (QED) is 0.876. The maximum atomic E-state index is 13.6. The Labute approximate surface area is 107 Å². The van der Waals surface area contributed by atoms with Crippen molar-refractivity contribution in [1.29, 1.82) is 0 Å². The lowest BCUT2D eigenvalue weighted by Gasteiger charge is -2.20. The van der Waals surface area contributed by atoms with Gasteiger partial charge in [0.05, 0.1) is 6.42 Å². The number of halogens is 2. The summed E-state index contributed by atoms with van der Waals surface area (Å²) in [7, 11) is 0. The van der Waals surface area contributed by atoms with Gasteiger partial charge in [-0.15, -0.1) is 0 Å². The van der Waals surface area contributed by atoms with Crippen molar-refractivity contribution in [3.63, 3.8) is 0 Å². The van der Waals surface area contributed by atoms with Gasteiger partial charge in [-0.3, -0.25) is 4.79 Å². The molecule has 0 saturated carbocycles. The maximum Gasteiger partial charge on any atom is 0.305 e. The monoisotopic (exact) mass is 273 g/mol. The molecule has 5 nitrogen and oxygen atoms in total. The Balaban J connectivity index is 2.48. The summed E-state index contributed by atoms with van der Waals surface area (Å²) in [6, 6.07) is 1.44. The summed E-state index contributed by atoms with van der Waals surface area (Å²) in [5, 5.41) is 8.71. The molecule has 0 spiro atoms. The van der Waals surface area contributed by atoms with Crippen LogP contribution in [0.15, 0.2) is 12.1 Å². The van der Waals surface area contributed by atoms with Crippen LogP contribution in [-0.2, 0) is 10.7 Å². The van der Waals surface area contributed by atoms with E-state index in [2.05, 4.69) is 0 Å². The molecule has 2 rings (SSSR count). The van der Waals surface area contributed by atoms with Crippen molar-refractivity contribution in [3.8, 4) is 11.5 Å². The van der Waals surface area contributed by atoms with Gasteiger partial charge in [0.25, 0.3) is 5.92 Å². The van der Waals surface area contributed by atoms with Crippen LogP contribution in [0.5, 0.6) is 11.5 Å². The van der Waals surface area contributed by atoms with Crippen molar-refractivity contribution in [2.75, 3.05) is 6.79 Å². The zero-order chi connectivity index (χ0) is 14.2. The zero-order valence-electron chi connectivity index (χ0n) is 10.2. The smallest absolute Gasteiger partial charge is 0.305 e. The lowest BCUT2D eigenvalue weighted by molar-refractivity contribution is -0.137. The summed E-state index contributed by atoms with van der Waals surface area (Å²) in [4.78, 5) is 10.7. The van der Waals surface area contributed by atoms with Crippen molar-refractivity contribution in [2.24, 2.45) is 5.73 Å². The topological polar surface area (TPSA) is 81.8 Å². The fourth-order valence-electron chi connectivity index (χ4n) is 1.94. The van der Waals surface area contributed by atoms with Gasteiger partial charge in [-0.25, -0.2) is 8.78 Å². The number of nitrogens with two attached hydrogens (primary N) is 1. The van der Waals surface area contributed by atoms with Crippen LogP contribution in [0.4, 0.5) is 8.78 Å². The molecule has 0 saturated heterocycles. The molecule has 1 aromatic rings. The van der Waals surface area contributed by atoms with Crippen molar-refractivity contribution >= 4 is 5.97 Å². The Kier molecular flexibility index (Phi) is 3.32. The van der Waals surface area contributed by atoms with Crippen LogP contribution in [0.25, 0.3) is 0 Å². The van der Waals surface area contributed by atoms with Gasteiger partial charge in [-0.2, -0.15) is 0 Å². The van der Waals surface area contributed by atoms with E-state index < -0.39 is 24.4 Å². The van der Waals surface area contributed by atoms with E-state index in [9.17, 15) is 13.6 Å². The molecule has 1 unspecified atom stereocenters. The van der Waals surface area contributed by atoms with Gasteiger partial charge in [0.15, 0.2) is 11.5 Å². The molecule has 104 valence electrons. The zero-order valence-corrected chi connectivity index (χ0v) is 10.2. The van der Waals surface area contributed by atoms with Gasteiger partial charge in [-0.05, 0) is 17.7 Å². The minimum Gasteiger partial charge on any atom is -0.481 e. The number of hydrogen-bond donors (Lipinski definition) is 2. The Morgan fingerprint density at radius 3 is 2.58 bits per heavy atom. The third kappa shape index (κ3) is 2.76. The van der Waals surface area contributed by atoms with Crippen LogP contribution in [-0.4, -0.2) is 17.9 Å². The number of aliphatic carboxylic acids is 1.